The third-order valence-corrected chi connectivity index (χ3v) is 6.74. The van der Waals surface area contributed by atoms with Crippen LogP contribution < -0.4 is 5.43 Å². The van der Waals surface area contributed by atoms with Crippen LogP contribution in [-0.2, 0) is 13.1 Å². The molecule has 0 unspecified atom stereocenters. The highest BCUT2D eigenvalue weighted by Gasteiger charge is 2.21. The maximum Gasteiger partial charge on any atom is 0.204 e. The first-order chi connectivity index (χ1) is 15.1. The zero-order valence-corrected chi connectivity index (χ0v) is 18.1. The molecular weight excluding hydrogens is 410 g/mol. The molecule has 0 spiro atoms. The molecule has 3 heterocycles. The molecule has 0 aliphatic carbocycles. The van der Waals surface area contributed by atoms with E-state index >= 15 is 0 Å². The van der Waals surface area contributed by atoms with Crippen LogP contribution in [0.2, 0.25) is 5.02 Å². The molecule has 1 fully saturated rings. The number of nitrogens with zero attached hydrogens (tertiary/aromatic N) is 2. The number of benzene rings is 2. The van der Waals surface area contributed by atoms with Gasteiger partial charge in [-0.2, -0.15) is 0 Å². The summed E-state index contributed by atoms with van der Waals surface area (Å²) in [7, 11) is 0. The summed E-state index contributed by atoms with van der Waals surface area (Å²) < 4.78 is 1.80. The summed E-state index contributed by atoms with van der Waals surface area (Å²) in [5.74, 6) is 0.671. The lowest BCUT2D eigenvalue weighted by Gasteiger charge is -2.32. The number of piperidine rings is 1. The fourth-order valence-corrected chi connectivity index (χ4v) is 4.90. The first-order valence-corrected chi connectivity index (χ1v) is 11.3. The number of hydrogen-bond acceptors (Lipinski definition) is 3. The van der Waals surface area contributed by atoms with Crippen molar-refractivity contribution in [2.75, 3.05) is 13.1 Å². The van der Waals surface area contributed by atoms with E-state index in [-0.39, 0.29) is 11.3 Å². The van der Waals surface area contributed by atoms with E-state index in [1.165, 1.54) is 5.56 Å². The van der Waals surface area contributed by atoms with Crippen LogP contribution in [0.25, 0.3) is 21.8 Å². The van der Waals surface area contributed by atoms with Gasteiger partial charge >= 0.3 is 0 Å². The molecule has 0 bridgehead atoms. The van der Waals surface area contributed by atoms with E-state index in [4.69, 9.17) is 11.6 Å². The standard InChI is InChI=1S/C25H26ClN3O2/c26-19-6-7-21-20(14-19)24(30)23-22(27-21)16-29(25(23)31)13-10-17-8-11-28(12-9-17)15-18-4-2-1-3-5-18/h1-7,14,16-17,27,31H,8-13,15H2. The molecule has 6 heteroatoms. The van der Waals surface area contributed by atoms with Crippen molar-refractivity contribution in [2.45, 2.75) is 32.4 Å². The predicted molar refractivity (Wildman–Crippen MR) is 126 cm³/mol. The highest BCUT2D eigenvalue weighted by Crippen LogP contribution is 2.28. The number of hydrogen-bond donors (Lipinski definition) is 2. The van der Waals surface area contributed by atoms with Crippen molar-refractivity contribution < 1.29 is 5.11 Å². The second kappa shape index (κ2) is 8.40. The number of H-pyrrole nitrogens is 1. The molecule has 31 heavy (non-hydrogen) atoms. The molecule has 0 radical (unpaired) electrons. The SMILES string of the molecule is O=c1c2cc(Cl)ccc2[nH]c2cn(CCC3CCN(Cc4ccccc4)CC3)c(O)c12. The van der Waals surface area contributed by atoms with E-state index in [1.807, 2.05) is 6.20 Å². The van der Waals surface area contributed by atoms with E-state index in [0.717, 1.165) is 44.4 Å². The summed E-state index contributed by atoms with van der Waals surface area (Å²) in [5, 5.41) is 12.1. The number of pyridine rings is 1. The lowest BCUT2D eigenvalue weighted by atomic mass is 9.93. The van der Waals surface area contributed by atoms with Crippen LogP contribution in [0.3, 0.4) is 0 Å². The average Bonchev–Trinajstić information content (AvgIpc) is 3.10. The number of likely N-dealkylation sites (tertiary alicyclic amines) is 1. The second-order valence-electron chi connectivity index (χ2n) is 8.57. The summed E-state index contributed by atoms with van der Waals surface area (Å²) in [6, 6.07) is 15.8. The van der Waals surface area contributed by atoms with Crippen molar-refractivity contribution in [3.8, 4) is 5.88 Å². The summed E-state index contributed by atoms with van der Waals surface area (Å²) >= 11 is 6.05. The Balaban J connectivity index is 1.26. The van der Waals surface area contributed by atoms with Gasteiger partial charge in [0.1, 0.15) is 5.39 Å². The Morgan fingerprint density at radius 3 is 2.61 bits per heavy atom. The van der Waals surface area contributed by atoms with Gasteiger partial charge in [-0.15, -0.1) is 0 Å². The molecule has 2 aromatic heterocycles. The number of nitrogens with one attached hydrogen (secondary N) is 1. The van der Waals surface area contributed by atoms with Gasteiger partial charge in [0.15, 0.2) is 0 Å². The van der Waals surface area contributed by atoms with Gasteiger partial charge in [-0.1, -0.05) is 41.9 Å². The molecule has 1 saturated heterocycles. The fraction of sp³-hybridized carbons (Fsp3) is 0.320. The molecule has 4 aromatic rings. The molecule has 5 nitrogen and oxygen atoms in total. The quantitative estimate of drug-likeness (QED) is 0.456. The van der Waals surface area contributed by atoms with Crippen molar-refractivity contribution >= 4 is 33.4 Å². The normalized spacial score (nSPS) is 15.8. The minimum absolute atomic E-state index is 0.0413. The van der Waals surface area contributed by atoms with Crippen molar-refractivity contribution in [1.82, 2.24) is 14.5 Å². The monoisotopic (exact) mass is 435 g/mol. The number of aromatic amines is 1. The number of rotatable bonds is 5. The third kappa shape index (κ3) is 4.08. The molecule has 0 atom stereocenters. The Morgan fingerprint density at radius 1 is 1.06 bits per heavy atom. The van der Waals surface area contributed by atoms with Gasteiger partial charge < -0.3 is 14.7 Å². The van der Waals surface area contributed by atoms with Gasteiger partial charge in [-0.05, 0) is 62.0 Å². The van der Waals surface area contributed by atoms with Gasteiger partial charge in [0.2, 0.25) is 11.3 Å². The highest BCUT2D eigenvalue weighted by atomic mass is 35.5. The Bertz CT molecular complexity index is 1270. The number of aromatic hydroxyl groups is 1. The molecular formula is C25H26ClN3O2. The van der Waals surface area contributed by atoms with Crippen LogP contribution in [0.5, 0.6) is 5.88 Å². The molecule has 0 saturated carbocycles. The average molecular weight is 436 g/mol. The molecule has 0 amide bonds. The largest absolute Gasteiger partial charge is 0.494 e. The fourth-order valence-electron chi connectivity index (χ4n) is 4.72. The second-order valence-corrected chi connectivity index (χ2v) is 9.01. The number of fused-ring (bicyclic) bond motifs is 2. The summed E-state index contributed by atoms with van der Waals surface area (Å²) in [4.78, 5) is 18.7. The van der Waals surface area contributed by atoms with E-state index in [9.17, 15) is 9.90 Å². The molecule has 2 N–H and O–H groups in total. The van der Waals surface area contributed by atoms with Crippen LogP contribution in [0, 0.1) is 5.92 Å². The van der Waals surface area contributed by atoms with Gasteiger partial charge in [-0.25, -0.2) is 0 Å². The Kier molecular flexibility index (Phi) is 5.47. The number of halogens is 1. The van der Waals surface area contributed by atoms with Crippen LogP contribution in [0.1, 0.15) is 24.8 Å². The third-order valence-electron chi connectivity index (χ3n) is 6.51. The van der Waals surface area contributed by atoms with Crippen molar-refractivity contribution in [3.05, 3.63) is 75.5 Å². The molecule has 2 aromatic carbocycles. The zero-order valence-electron chi connectivity index (χ0n) is 17.4. The van der Waals surface area contributed by atoms with Crippen LogP contribution in [0.15, 0.2) is 59.5 Å². The first-order valence-electron chi connectivity index (χ1n) is 10.9. The minimum atomic E-state index is -0.184. The Morgan fingerprint density at radius 2 is 1.84 bits per heavy atom. The lowest BCUT2D eigenvalue weighted by molar-refractivity contribution is 0.168. The van der Waals surface area contributed by atoms with Gasteiger partial charge in [0.05, 0.1) is 5.52 Å². The first kappa shape index (κ1) is 20.2. The van der Waals surface area contributed by atoms with Gasteiger partial charge in [0.25, 0.3) is 0 Å². The van der Waals surface area contributed by atoms with E-state index in [0.29, 0.717) is 33.8 Å². The zero-order chi connectivity index (χ0) is 21.4. The predicted octanol–water partition coefficient (Wildman–Crippen LogP) is 5.14. The molecule has 1 aliphatic rings. The molecule has 5 rings (SSSR count). The van der Waals surface area contributed by atoms with E-state index in [1.54, 1.807) is 22.8 Å². The maximum absolute atomic E-state index is 12.9. The maximum atomic E-state index is 12.9. The topological polar surface area (TPSA) is 61.3 Å². The Hall–Kier alpha value is -2.76. The Labute approximate surface area is 185 Å². The lowest BCUT2D eigenvalue weighted by Crippen LogP contribution is -2.33. The van der Waals surface area contributed by atoms with E-state index in [2.05, 4.69) is 40.2 Å². The highest BCUT2D eigenvalue weighted by molar-refractivity contribution is 6.31. The van der Waals surface area contributed by atoms with Crippen LogP contribution >= 0.6 is 11.6 Å². The summed E-state index contributed by atoms with van der Waals surface area (Å²) in [6.45, 7) is 3.92. The van der Waals surface area contributed by atoms with Gasteiger partial charge in [-0.3, -0.25) is 9.69 Å². The van der Waals surface area contributed by atoms with Crippen LogP contribution in [0.4, 0.5) is 0 Å². The number of aryl methyl sites for hydroxylation is 1. The van der Waals surface area contributed by atoms with Crippen molar-refractivity contribution in [1.29, 1.82) is 0 Å². The van der Waals surface area contributed by atoms with E-state index < -0.39 is 0 Å². The van der Waals surface area contributed by atoms with Crippen molar-refractivity contribution in [3.63, 3.8) is 0 Å². The van der Waals surface area contributed by atoms with Gasteiger partial charge in [0, 0.05) is 35.2 Å². The van der Waals surface area contributed by atoms with Crippen LogP contribution in [-0.4, -0.2) is 32.6 Å². The smallest absolute Gasteiger partial charge is 0.204 e. The molecule has 160 valence electrons. The number of aromatic nitrogens is 2. The minimum Gasteiger partial charge on any atom is -0.494 e. The summed E-state index contributed by atoms with van der Waals surface area (Å²) in [5.41, 5.74) is 2.57. The summed E-state index contributed by atoms with van der Waals surface area (Å²) in [6.07, 6.45) is 5.17. The molecule has 1 aliphatic heterocycles. The van der Waals surface area contributed by atoms with Crippen molar-refractivity contribution in [2.24, 2.45) is 5.92 Å².